The van der Waals surface area contributed by atoms with Crippen LogP contribution in [0.4, 0.5) is 34.1 Å². The van der Waals surface area contributed by atoms with Gasteiger partial charge in [-0.15, -0.1) is 10.2 Å². The maximum Gasteiger partial charge on any atom is 0.248 e. The maximum atomic E-state index is 6.15. The molecule has 5 nitrogen and oxygen atoms in total. The lowest BCUT2D eigenvalue weighted by Crippen LogP contribution is -2.09. The molecule has 0 aliphatic rings. The van der Waals surface area contributed by atoms with Crippen molar-refractivity contribution < 1.29 is 4.42 Å². The fraction of sp³-hybridized carbons (Fsp3) is 0. The van der Waals surface area contributed by atoms with E-state index in [9.17, 15) is 0 Å². The van der Waals surface area contributed by atoms with Crippen molar-refractivity contribution in [3.05, 3.63) is 170 Å². The van der Waals surface area contributed by atoms with Crippen LogP contribution < -0.4 is 9.80 Å². The summed E-state index contributed by atoms with van der Waals surface area (Å²) in [7, 11) is 0. The quantitative estimate of drug-likeness (QED) is 0.186. The van der Waals surface area contributed by atoms with E-state index in [1.807, 2.05) is 97.1 Å². The molecule has 0 N–H and O–H groups in total. The molecule has 206 valence electrons. The molecule has 6 aromatic carbocycles. The third-order valence-corrected chi connectivity index (χ3v) is 7.23. The second-order valence-corrected chi connectivity index (χ2v) is 10.0. The summed E-state index contributed by atoms with van der Waals surface area (Å²) in [5.41, 5.74) is 8.15. The van der Waals surface area contributed by atoms with E-state index in [-0.39, 0.29) is 0 Å². The standard InChI is InChI=1S/C38H28N4O/c1-5-13-31(14-6-1)41(32-15-7-2-8-16-32)35-25-21-29(22-26-35)37-39-40-38(43-37)30-23-27-36(28-24-30)42(33-17-9-3-10-18-33)34-19-11-4-12-20-34/h1-28H. The van der Waals surface area contributed by atoms with Gasteiger partial charge >= 0.3 is 0 Å². The Morgan fingerprint density at radius 1 is 0.302 bits per heavy atom. The number of nitrogens with zero attached hydrogens (tertiary/aromatic N) is 4. The highest BCUT2D eigenvalue weighted by Crippen LogP contribution is 2.37. The first-order valence-corrected chi connectivity index (χ1v) is 14.2. The predicted molar refractivity (Wildman–Crippen MR) is 175 cm³/mol. The zero-order valence-corrected chi connectivity index (χ0v) is 23.4. The number of hydrogen-bond acceptors (Lipinski definition) is 5. The minimum Gasteiger partial charge on any atom is -0.416 e. The Morgan fingerprint density at radius 2 is 0.558 bits per heavy atom. The molecule has 1 heterocycles. The molecule has 0 atom stereocenters. The molecule has 0 radical (unpaired) electrons. The molecule has 0 unspecified atom stereocenters. The van der Waals surface area contributed by atoms with Gasteiger partial charge < -0.3 is 14.2 Å². The van der Waals surface area contributed by atoms with Crippen molar-refractivity contribution in [1.29, 1.82) is 0 Å². The highest BCUT2D eigenvalue weighted by Gasteiger charge is 2.16. The summed E-state index contributed by atoms with van der Waals surface area (Å²) in [6, 6.07) is 57.7. The number of hydrogen-bond donors (Lipinski definition) is 0. The second kappa shape index (κ2) is 11.9. The van der Waals surface area contributed by atoms with Crippen LogP contribution in [-0.2, 0) is 0 Å². The molecular weight excluding hydrogens is 528 g/mol. The van der Waals surface area contributed by atoms with Gasteiger partial charge in [0.15, 0.2) is 0 Å². The number of benzene rings is 6. The van der Waals surface area contributed by atoms with E-state index in [0.29, 0.717) is 11.8 Å². The van der Waals surface area contributed by atoms with Gasteiger partial charge in [0.2, 0.25) is 11.8 Å². The summed E-state index contributed by atoms with van der Waals surface area (Å²) in [6.07, 6.45) is 0. The summed E-state index contributed by atoms with van der Waals surface area (Å²) >= 11 is 0. The van der Waals surface area contributed by atoms with Crippen molar-refractivity contribution in [2.24, 2.45) is 0 Å². The predicted octanol–water partition coefficient (Wildman–Crippen LogP) is 10.3. The minimum atomic E-state index is 0.479. The van der Waals surface area contributed by atoms with Gasteiger partial charge in [-0.1, -0.05) is 72.8 Å². The topological polar surface area (TPSA) is 45.4 Å². The summed E-state index contributed by atoms with van der Waals surface area (Å²) in [4.78, 5) is 4.44. The van der Waals surface area contributed by atoms with Crippen molar-refractivity contribution >= 4 is 34.1 Å². The third kappa shape index (κ3) is 5.52. The lowest BCUT2D eigenvalue weighted by atomic mass is 10.1. The first kappa shape index (κ1) is 26.0. The molecule has 7 rings (SSSR count). The molecule has 43 heavy (non-hydrogen) atoms. The molecule has 0 spiro atoms. The monoisotopic (exact) mass is 556 g/mol. The van der Waals surface area contributed by atoms with Crippen LogP contribution in [0.5, 0.6) is 0 Å². The lowest BCUT2D eigenvalue weighted by Gasteiger charge is -2.25. The van der Waals surface area contributed by atoms with Gasteiger partial charge in [0, 0.05) is 45.3 Å². The Kier molecular flexibility index (Phi) is 7.19. The van der Waals surface area contributed by atoms with Crippen LogP contribution in [0.3, 0.4) is 0 Å². The van der Waals surface area contributed by atoms with Crippen LogP contribution in [0.2, 0.25) is 0 Å². The zero-order chi connectivity index (χ0) is 28.8. The zero-order valence-electron chi connectivity index (χ0n) is 23.4. The number of para-hydroxylation sites is 4. The van der Waals surface area contributed by atoms with Crippen LogP contribution in [0.1, 0.15) is 0 Å². The molecule has 5 heteroatoms. The number of aromatic nitrogens is 2. The van der Waals surface area contributed by atoms with Gasteiger partial charge in [-0.25, -0.2) is 0 Å². The van der Waals surface area contributed by atoms with E-state index in [2.05, 4.69) is 92.8 Å². The molecule has 0 aliphatic heterocycles. The van der Waals surface area contributed by atoms with E-state index < -0.39 is 0 Å². The SMILES string of the molecule is c1ccc(N(c2ccccc2)c2ccc(-c3nnc(-c4ccc(N(c5ccccc5)c5ccccc5)cc4)o3)cc2)cc1. The third-order valence-electron chi connectivity index (χ3n) is 7.23. The summed E-state index contributed by atoms with van der Waals surface area (Å²) < 4.78 is 6.15. The molecule has 1 aromatic heterocycles. The van der Waals surface area contributed by atoms with E-state index in [0.717, 1.165) is 45.3 Å². The van der Waals surface area contributed by atoms with Gasteiger partial charge in [-0.2, -0.15) is 0 Å². The normalized spacial score (nSPS) is 10.8. The van der Waals surface area contributed by atoms with Crippen LogP contribution in [-0.4, -0.2) is 10.2 Å². The van der Waals surface area contributed by atoms with Crippen LogP contribution in [0.25, 0.3) is 22.9 Å². The second-order valence-electron chi connectivity index (χ2n) is 10.0. The van der Waals surface area contributed by atoms with Gasteiger partial charge in [-0.05, 0) is 97.1 Å². The van der Waals surface area contributed by atoms with E-state index in [1.165, 1.54) is 0 Å². The highest BCUT2D eigenvalue weighted by molar-refractivity contribution is 5.79. The molecular formula is C38H28N4O. The highest BCUT2D eigenvalue weighted by atomic mass is 16.4. The van der Waals surface area contributed by atoms with Crippen LogP contribution >= 0.6 is 0 Å². The van der Waals surface area contributed by atoms with Crippen molar-refractivity contribution in [2.75, 3.05) is 9.80 Å². The fourth-order valence-corrected chi connectivity index (χ4v) is 5.17. The molecule has 0 fully saturated rings. The lowest BCUT2D eigenvalue weighted by molar-refractivity contribution is 0.584. The van der Waals surface area contributed by atoms with Gasteiger partial charge in [0.1, 0.15) is 0 Å². The molecule has 7 aromatic rings. The average Bonchev–Trinajstić information content (AvgIpc) is 3.58. The Balaban J connectivity index is 1.15. The first-order chi connectivity index (χ1) is 21.3. The Labute approximate surface area is 250 Å². The smallest absolute Gasteiger partial charge is 0.248 e. The van der Waals surface area contributed by atoms with Gasteiger partial charge in [-0.3, -0.25) is 0 Å². The fourth-order valence-electron chi connectivity index (χ4n) is 5.17. The average molecular weight is 557 g/mol. The van der Waals surface area contributed by atoms with E-state index >= 15 is 0 Å². The molecule has 0 amide bonds. The Morgan fingerprint density at radius 3 is 0.837 bits per heavy atom. The van der Waals surface area contributed by atoms with E-state index in [1.54, 1.807) is 0 Å². The Bertz CT molecular complexity index is 1670. The molecule has 0 saturated heterocycles. The summed E-state index contributed by atoms with van der Waals surface area (Å²) in [5.74, 6) is 0.957. The summed E-state index contributed by atoms with van der Waals surface area (Å²) in [5, 5.41) is 8.73. The van der Waals surface area contributed by atoms with Crippen molar-refractivity contribution in [3.8, 4) is 22.9 Å². The van der Waals surface area contributed by atoms with Crippen molar-refractivity contribution in [2.45, 2.75) is 0 Å². The molecule has 0 bridgehead atoms. The first-order valence-electron chi connectivity index (χ1n) is 14.2. The van der Waals surface area contributed by atoms with Crippen molar-refractivity contribution in [1.82, 2.24) is 10.2 Å². The maximum absolute atomic E-state index is 6.15. The largest absolute Gasteiger partial charge is 0.416 e. The Hall–Kier alpha value is -5.94. The van der Waals surface area contributed by atoms with Crippen LogP contribution in [0, 0.1) is 0 Å². The van der Waals surface area contributed by atoms with Crippen LogP contribution in [0.15, 0.2) is 174 Å². The number of rotatable bonds is 8. The summed E-state index contributed by atoms with van der Waals surface area (Å²) in [6.45, 7) is 0. The number of anilines is 6. The van der Waals surface area contributed by atoms with Gasteiger partial charge in [0.05, 0.1) is 0 Å². The molecule has 0 saturated carbocycles. The minimum absolute atomic E-state index is 0.479. The molecule has 0 aliphatic carbocycles. The van der Waals surface area contributed by atoms with Gasteiger partial charge in [0.25, 0.3) is 0 Å². The van der Waals surface area contributed by atoms with Crippen molar-refractivity contribution in [3.63, 3.8) is 0 Å². The van der Waals surface area contributed by atoms with E-state index in [4.69, 9.17) is 4.42 Å².